The monoisotopic (exact) mass is 642 g/mol. The van der Waals surface area contributed by atoms with Gasteiger partial charge in [-0.25, -0.2) is 0 Å². The molecule has 224 valence electrons. The van der Waals surface area contributed by atoms with E-state index in [1.165, 1.54) is 0 Å². The van der Waals surface area contributed by atoms with Crippen LogP contribution in [0.15, 0.2) is 58.3 Å². The summed E-state index contributed by atoms with van der Waals surface area (Å²) in [5, 5.41) is -0.489. The molecule has 20 heteroatoms. The number of hydrogen-bond acceptors (Lipinski definition) is 10. The van der Waals surface area contributed by atoms with E-state index in [4.69, 9.17) is 0 Å². The standard InChI is InChI=1S/C22H12F6N2O10S2/c23-21(24,25)9-1-5-11(6-2-9)41(35,36)39-29-17(31)13-14(18(29)32)16-15(13)19(33)30(20(16)34)40-42(37,38)12-7-3-10(4-8-12)22(26,27)28/h1-8,13-16H. The van der Waals surface area contributed by atoms with Crippen LogP contribution in [-0.4, -0.2) is 50.6 Å². The molecule has 2 aliphatic heterocycles. The second-order valence-corrected chi connectivity index (χ2v) is 12.2. The Labute approximate surface area is 230 Å². The highest BCUT2D eigenvalue weighted by molar-refractivity contribution is 7.87. The summed E-state index contributed by atoms with van der Waals surface area (Å²) >= 11 is 0. The number of hydrogen-bond donors (Lipinski definition) is 0. The van der Waals surface area contributed by atoms with Crippen molar-refractivity contribution in [2.24, 2.45) is 23.7 Å². The van der Waals surface area contributed by atoms with E-state index in [2.05, 4.69) is 8.57 Å². The van der Waals surface area contributed by atoms with Crippen LogP contribution in [0.1, 0.15) is 11.1 Å². The predicted octanol–water partition coefficient (Wildman–Crippen LogP) is 1.88. The predicted molar refractivity (Wildman–Crippen MR) is 117 cm³/mol. The number of alkyl halides is 6. The Morgan fingerprint density at radius 1 is 0.500 bits per heavy atom. The zero-order chi connectivity index (χ0) is 31.2. The minimum atomic E-state index is -5.06. The van der Waals surface area contributed by atoms with Crippen LogP contribution in [0, 0.1) is 23.7 Å². The third kappa shape index (κ3) is 4.63. The minimum absolute atomic E-state index is 0.245. The molecule has 0 N–H and O–H groups in total. The summed E-state index contributed by atoms with van der Waals surface area (Å²) in [6.45, 7) is 0. The highest BCUT2D eigenvalue weighted by Gasteiger charge is 2.75. The molecule has 3 fully saturated rings. The van der Waals surface area contributed by atoms with Gasteiger partial charge in [-0.3, -0.25) is 19.2 Å². The topological polar surface area (TPSA) is 161 Å². The molecular formula is C22H12F6N2O10S2. The molecule has 42 heavy (non-hydrogen) atoms. The van der Waals surface area contributed by atoms with Crippen molar-refractivity contribution >= 4 is 43.9 Å². The quantitative estimate of drug-likeness (QED) is 0.336. The van der Waals surface area contributed by atoms with E-state index >= 15 is 0 Å². The summed E-state index contributed by atoms with van der Waals surface area (Å²) in [7, 11) is -10.1. The van der Waals surface area contributed by atoms with Crippen LogP contribution in [0.4, 0.5) is 26.3 Å². The van der Waals surface area contributed by atoms with Gasteiger partial charge >= 0.3 is 32.6 Å². The van der Waals surface area contributed by atoms with Gasteiger partial charge < -0.3 is 0 Å². The maximum atomic E-state index is 12.8. The van der Waals surface area contributed by atoms with Crippen LogP contribution in [0.2, 0.25) is 0 Å². The molecule has 1 aliphatic carbocycles. The second kappa shape index (κ2) is 9.31. The molecule has 0 atom stereocenters. The SMILES string of the molecule is O=C1C2C(C(=O)N1OS(=O)(=O)c1ccc(C(F)(F)F)cc1)C1C(=O)N(OS(=O)(=O)c3ccc(C(F)(F)F)cc3)C(=O)C21. The Morgan fingerprint density at radius 3 is 0.952 bits per heavy atom. The van der Waals surface area contributed by atoms with E-state index in [9.17, 15) is 62.4 Å². The van der Waals surface area contributed by atoms with Crippen molar-refractivity contribution < 1.29 is 70.9 Å². The van der Waals surface area contributed by atoms with Crippen LogP contribution in [0.3, 0.4) is 0 Å². The Balaban J connectivity index is 1.32. The molecule has 2 aromatic carbocycles. The molecule has 0 bridgehead atoms. The molecule has 1 saturated carbocycles. The van der Waals surface area contributed by atoms with Gasteiger partial charge in [-0.2, -0.15) is 43.2 Å². The Bertz CT molecular complexity index is 1560. The van der Waals surface area contributed by atoms with Gasteiger partial charge in [0, 0.05) is 0 Å². The van der Waals surface area contributed by atoms with Crippen molar-refractivity contribution in [1.82, 2.24) is 10.1 Å². The number of carbonyl (C=O) groups is 4. The van der Waals surface area contributed by atoms with Gasteiger partial charge in [0.25, 0.3) is 23.6 Å². The summed E-state index contributed by atoms with van der Waals surface area (Å²) in [6, 6.07) is 3.64. The average Bonchev–Trinajstić information content (AvgIpc) is 3.18. The molecule has 0 radical (unpaired) electrons. The van der Waals surface area contributed by atoms with E-state index in [-0.39, 0.29) is 10.1 Å². The van der Waals surface area contributed by atoms with Crippen molar-refractivity contribution in [2.45, 2.75) is 22.1 Å². The molecule has 3 aliphatic rings. The molecule has 12 nitrogen and oxygen atoms in total. The lowest BCUT2D eigenvalue weighted by atomic mass is 9.59. The highest BCUT2D eigenvalue weighted by Crippen LogP contribution is 2.57. The molecular weight excluding hydrogens is 630 g/mol. The maximum Gasteiger partial charge on any atom is 0.416 e. The number of hydroxylamine groups is 4. The summed E-state index contributed by atoms with van der Waals surface area (Å²) in [6.07, 6.45) is -9.59. The lowest BCUT2D eigenvalue weighted by Gasteiger charge is -2.35. The molecule has 2 aromatic rings. The van der Waals surface area contributed by atoms with Gasteiger partial charge in [0.2, 0.25) is 0 Å². The molecule has 4 amide bonds. The molecule has 5 rings (SSSR count). The third-order valence-corrected chi connectivity index (χ3v) is 9.16. The smallest absolute Gasteiger partial charge is 0.272 e. The summed E-state index contributed by atoms with van der Waals surface area (Å²) in [5.74, 6) is -12.3. The van der Waals surface area contributed by atoms with Crippen molar-refractivity contribution in [2.75, 3.05) is 0 Å². The normalized spacial score (nSPS) is 24.6. The summed E-state index contributed by atoms with van der Waals surface area (Å²) in [4.78, 5) is 49.6. The van der Waals surface area contributed by atoms with Crippen LogP contribution in [0.5, 0.6) is 0 Å². The molecule has 0 unspecified atom stereocenters. The number of rotatable bonds is 6. The maximum absolute atomic E-state index is 12.8. The molecule has 2 saturated heterocycles. The summed E-state index contributed by atoms with van der Waals surface area (Å²) < 4.78 is 136. The van der Waals surface area contributed by atoms with Crippen molar-refractivity contribution in [3.8, 4) is 0 Å². The van der Waals surface area contributed by atoms with Gasteiger partial charge in [-0.15, -0.1) is 18.7 Å². The van der Waals surface area contributed by atoms with Gasteiger partial charge in [0.05, 0.1) is 44.6 Å². The number of halogens is 6. The first kappa shape index (κ1) is 29.6. The third-order valence-electron chi connectivity index (χ3n) is 6.77. The van der Waals surface area contributed by atoms with Gasteiger partial charge in [-0.1, -0.05) is 0 Å². The van der Waals surface area contributed by atoms with Crippen molar-refractivity contribution in [3.63, 3.8) is 0 Å². The first-order valence-corrected chi connectivity index (χ1v) is 14.1. The number of fused-ring (bicyclic) bond motifs is 4. The number of amides is 4. The Morgan fingerprint density at radius 2 is 0.738 bits per heavy atom. The fourth-order valence-electron chi connectivity index (χ4n) is 4.79. The fourth-order valence-corrected chi connectivity index (χ4v) is 6.58. The first-order valence-electron chi connectivity index (χ1n) is 11.2. The van der Waals surface area contributed by atoms with Crippen LogP contribution in [-0.2, 0) is 60.3 Å². The lowest BCUT2D eigenvalue weighted by Crippen LogP contribution is -2.50. The van der Waals surface area contributed by atoms with Gasteiger partial charge in [-0.05, 0) is 48.5 Å². The fraction of sp³-hybridized carbons (Fsp3) is 0.273. The average molecular weight is 642 g/mol. The molecule has 0 spiro atoms. The zero-order valence-corrected chi connectivity index (χ0v) is 21.6. The molecule has 0 aromatic heterocycles. The van der Waals surface area contributed by atoms with Gasteiger partial charge in [0.1, 0.15) is 0 Å². The van der Waals surface area contributed by atoms with Crippen LogP contribution in [0.25, 0.3) is 0 Å². The molecule has 2 heterocycles. The second-order valence-electron chi connectivity index (χ2n) is 9.15. The highest BCUT2D eigenvalue weighted by atomic mass is 32.2. The summed E-state index contributed by atoms with van der Waals surface area (Å²) in [5.41, 5.74) is -2.41. The number of imide groups is 2. The Hall–Kier alpha value is -3.88. The van der Waals surface area contributed by atoms with Gasteiger partial charge in [0.15, 0.2) is 0 Å². The van der Waals surface area contributed by atoms with E-state index < -0.39 is 101 Å². The van der Waals surface area contributed by atoms with E-state index in [1.54, 1.807) is 0 Å². The largest absolute Gasteiger partial charge is 0.416 e. The van der Waals surface area contributed by atoms with E-state index in [0.29, 0.717) is 48.5 Å². The minimum Gasteiger partial charge on any atom is -0.272 e. The van der Waals surface area contributed by atoms with E-state index in [1.807, 2.05) is 0 Å². The van der Waals surface area contributed by atoms with Crippen molar-refractivity contribution in [1.29, 1.82) is 0 Å². The zero-order valence-electron chi connectivity index (χ0n) is 20.0. The Kier molecular flexibility index (Phi) is 6.56. The van der Waals surface area contributed by atoms with Crippen LogP contribution >= 0.6 is 0 Å². The number of benzene rings is 2. The number of nitrogens with zero attached hydrogens (tertiary/aromatic N) is 2. The van der Waals surface area contributed by atoms with Crippen LogP contribution < -0.4 is 0 Å². The number of carbonyl (C=O) groups excluding carboxylic acids is 4. The first-order chi connectivity index (χ1) is 19.3. The lowest BCUT2D eigenvalue weighted by molar-refractivity contribution is -0.169. The van der Waals surface area contributed by atoms with Crippen molar-refractivity contribution in [3.05, 3.63) is 59.7 Å². The van der Waals surface area contributed by atoms with E-state index in [0.717, 1.165) is 0 Å².